The SMILES string of the molecule is O=C(Nc1nc2c(C(=O)NCC3=CCCCS3)cccc2[nH]1)c1cc2ccccc2cn1. The molecule has 160 valence electrons. The first-order chi connectivity index (χ1) is 15.7. The Morgan fingerprint density at radius 2 is 1.94 bits per heavy atom. The average molecular weight is 444 g/mol. The monoisotopic (exact) mass is 443 g/mol. The van der Waals surface area contributed by atoms with Crippen LogP contribution in [-0.2, 0) is 0 Å². The zero-order chi connectivity index (χ0) is 21.9. The topological polar surface area (TPSA) is 99.8 Å². The summed E-state index contributed by atoms with van der Waals surface area (Å²) in [5.74, 6) is 0.794. The van der Waals surface area contributed by atoms with E-state index in [4.69, 9.17) is 0 Å². The summed E-state index contributed by atoms with van der Waals surface area (Å²) in [5.41, 5.74) is 1.94. The molecule has 32 heavy (non-hydrogen) atoms. The molecule has 1 aliphatic rings. The van der Waals surface area contributed by atoms with Gasteiger partial charge in [-0.2, -0.15) is 0 Å². The lowest BCUT2D eigenvalue weighted by Gasteiger charge is -2.13. The molecule has 1 aliphatic heterocycles. The van der Waals surface area contributed by atoms with Crippen LogP contribution in [0.3, 0.4) is 0 Å². The summed E-state index contributed by atoms with van der Waals surface area (Å²) in [6.07, 6.45) is 6.09. The van der Waals surface area contributed by atoms with E-state index in [1.165, 1.54) is 11.3 Å². The van der Waals surface area contributed by atoms with Gasteiger partial charge < -0.3 is 10.3 Å². The number of nitrogens with one attached hydrogen (secondary N) is 3. The minimum absolute atomic E-state index is 0.191. The van der Waals surface area contributed by atoms with Crippen molar-refractivity contribution < 1.29 is 9.59 Å². The zero-order valence-corrected chi connectivity index (χ0v) is 18.0. The molecule has 0 unspecified atom stereocenters. The number of carbonyl (C=O) groups excluding carboxylic acids is 2. The van der Waals surface area contributed by atoms with E-state index in [2.05, 4.69) is 31.7 Å². The number of para-hydroxylation sites is 1. The lowest BCUT2D eigenvalue weighted by atomic mass is 10.1. The molecule has 0 radical (unpaired) electrons. The van der Waals surface area contributed by atoms with Gasteiger partial charge in [0.25, 0.3) is 11.8 Å². The number of rotatable bonds is 5. The van der Waals surface area contributed by atoms with Crippen LogP contribution in [0, 0.1) is 0 Å². The normalized spacial score (nSPS) is 13.7. The predicted molar refractivity (Wildman–Crippen MR) is 128 cm³/mol. The number of anilines is 1. The highest BCUT2D eigenvalue weighted by atomic mass is 32.2. The van der Waals surface area contributed by atoms with Gasteiger partial charge in [0, 0.05) is 23.0 Å². The molecule has 3 N–H and O–H groups in total. The third-order valence-electron chi connectivity index (χ3n) is 5.28. The smallest absolute Gasteiger partial charge is 0.276 e. The largest absolute Gasteiger partial charge is 0.347 e. The number of allylic oxidation sites excluding steroid dienone is 1. The van der Waals surface area contributed by atoms with E-state index in [1.807, 2.05) is 30.3 Å². The van der Waals surface area contributed by atoms with E-state index in [0.29, 0.717) is 28.8 Å². The molecular formula is C24H21N5O2S. The number of carbonyl (C=O) groups is 2. The lowest BCUT2D eigenvalue weighted by Crippen LogP contribution is -2.25. The number of pyridine rings is 1. The maximum atomic E-state index is 12.8. The van der Waals surface area contributed by atoms with E-state index >= 15 is 0 Å². The summed E-state index contributed by atoms with van der Waals surface area (Å²) in [6, 6.07) is 14.8. The first-order valence-corrected chi connectivity index (χ1v) is 11.4. The second-order valence-corrected chi connectivity index (χ2v) is 8.72. The average Bonchev–Trinajstić information content (AvgIpc) is 3.25. The van der Waals surface area contributed by atoms with Crippen molar-refractivity contribution in [2.45, 2.75) is 12.8 Å². The fourth-order valence-electron chi connectivity index (χ4n) is 3.65. The van der Waals surface area contributed by atoms with Gasteiger partial charge >= 0.3 is 0 Å². The highest BCUT2D eigenvalue weighted by Gasteiger charge is 2.16. The van der Waals surface area contributed by atoms with Gasteiger partial charge in [-0.25, -0.2) is 4.98 Å². The number of nitrogens with zero attached hydrogens (tertiary/aromatic N) is 2. The minimum atomic E-state index is -0.373. The molecule has 8 heteroatoms. The Morgan fingerprint density at radius 3 is 2.78 bits per heavy atom. The highest BCUT2D eigenvalue weighted by molar-refractivity contribution is 8.03. The molecule has 7 nitrogen and oxygen atoms in total. The van der Waals surface area contributed by atoms with Crippen LogP contribution in [0.15, 0.2) is 65.7 Å². The Bertz CT molecular complexity index is 1360. The van der Waals surface area contributed by atoms with E-state index in [9.17, 15) is 9.59 Å². The van der Waals surface area contributed by atoms with Crippen molar-refractivity contribution in [3.05, 3.63) is 77.0 Å². The number of hydrogen-bond donors (Lipinski definition) is 3. The number of thioether (sulfide) groups is 1. The minimum Gasteiger partial charge on any atom is -0.347 e. The predicted octanol–water partition coefficient (Wildman–Crippen LogP) is 4.50. The molecule has 0 fully saturated rings. The molecule has 5 rings (SSSR count). The molecule has 0 bridgehead atoms. The van der Waals surface area contributed by atoms with Gasteiger partial charge in [-0.3, -0.25) is 19.9 Å². The summed E-state index contributed by atoms with van der Waals surface area (Å²) in [5, 5.41) is 7.62. The molecule has 0 saturated heterocycles. The number of amides is 2. The molecule has 0 aliphatic carbocycles. The van der Waals surface area contributed by atoms with Crippen molar-refractivity contribution in [3.8, 4) is 0 Å². The summed E-state index contributed by atoms with van der Waals surface area (Å²) in [4.78, 5) is 38.5. The fraction of sp³-hybridized carbons (Fsp3) is 0.167. The summed E-state index contributed by atoms with van der Waals surface area (Å²) >= 11 is 1.78. The summed E-state index contributed by atoms with van der Waals surface area (Å²) < 4.78 is 0. The van der Waals surface area contributed by atoms with Crippen molar-refractivity contribution >= 4 is 51.3 Å². The molecule has 2 aromatic carbocycles. The summed E-state index contributed by atoms with van der Waals surface area (Å²) in [7, 11) is 0. The highest BCUT2D eigenvalue weighted by Crippen LogP contribution is 2.24. The van der Waals surface area contributed by atoms with Crippen molar-refractivity contribution in [2.24, 2.45) is 0 Å². The van der Waals surface area contributed by atoms with Gasteiger partial charge in [0.05, 0.1) is 11.1 Å². The number of H-pyrrole nitrogens is 1. The van der Waals surface area contributed by atoms with Crippen molar-refractivity contribution in [2.75, 3.05) is 17.6 Å². The molecular weight excluding hydrogens is 422 g/mol. The van der Waals surface area contributed by atoms with Crippen LogP contribution >= 0.6 is 11.8 Å². The van der Waals surface area contributed by atoms with Crippen LogP contribution in [0.4, 0.5) is 5.95 Å². The maximum absolute atomic E-state index is 12.8. The van der Waals surface area contributed by atoms with Crippen LogP contribution in [0.1, 0.15) is 33.7 Å². The van der Waals surface area contributed by atoms with Gasteiger partial charge in [0.1, 0.15) is 11.2 Å². The Morgan fingerprint density at radius 1 is 1.06 bits per heavy atom. The van der Waals surface area contributed by atoms with Gasteiger partial charge in [0.2, 0.25) is 5.95 Å². The number of aromatic nitrogens is 3. The van der Waals surface area contributed by atoms with Crippen molar-refractivity contribution in [1.82, 2.24) is 20.3 Å². The summed E-state index contributed by atoms with van der Waals surface area (Å²) in [6.45, 7) is 0.515. The van der Waals surface area contributed by atoms with E-state index in [0.717, 1.165) is 22.9 Å². The first kappa shape index (κ1) is 20.3. The number of hydrogen-bond acceptors (Lipinski definition) is 5. The first-order valence-electron chi connectivity index (χ1n) is 10.4. The molecule has 0 saturated carbocycles. The van der Waals surface area contributed by atoms with E-state index in [-0.39, 0.29) is 17.8 Å². The Labute approximate surface area is 188 Å². The zero-order valence-electron chi connectivity index (χ0n) is 17.2. The quantitative estimate of drug-likeness (QED) is 0.422. The number of imidazole rings is 1. The van der Waals surface area contributed by atoms with Gasteiger partial charge in [-0.15, -0.1) is 11.8 Å². The second-order valence-electron chi connectivity index (χ2n) is 7.50. The Hall–Kier alpha value is -3.65. The molecule has 2 aromatic heterocycles. The van der Waals surface area contributed by atoms with Crippen LogP contribution in [0.5, 0.6) is 0 Å². The van der Waals surface area contributed by atoms with Gasteiger partial charge in [0.15, 0.2) is 0 Å². The van der Waals surface area contributed by atoms with E-state index in [1.54, 1.807) is 36.2 Å². The van der Waals surface area contributed by atoms with Crippen molar-refractivity contribution in [1.29, 1.82) is 0 Å². The third kappa shape index (κ3) is 4.22. The lowest BCUT2D eigenvalue weighted by molar-refractivity contribution is 0.0958. The number of fused-ring (bicyclic) bond motifs is 2. The molecule has 3 heterocycles. The van der Waals surface area contributed by atoms with Crippen LogP contribution in [0.25, 0.3) is 21.8 Å². The Balaban J connectivity index is 1.34. The fourth-order valence-corrected chi connectivity index (χ4v) is 4.63. The molecule has 2 amide bonds. The van der Waals surface area contributed by atoms with Crippen LogP contribution in [-0.4, -0.2) is 39.1 Å². The molecule has 4 aromatic rings. The number of benzene rings is 2. The standard InChI is InChI=1S/C24H21N5O2S/c30-22(26-14-17-8-3-4-11-32-17)18-9-5-10-19-21(18)28-24(27-19)29-23(31)20-12-15-6-1-2-7-16(15)13-25-20/h1-2,5-10,12-13H,3-4,11,14H2,(H,26,30)(H2,27,28,29,31). The molecule has 0 atom stereocenters. The van der Waals surface area contributed by atoms with Crippen LogP contribution in [0.2, 0.25) is 0 Å². The van der Waals surface area contributed by atoms with Gasteiger partial charge in [-0.05, 0) is 42.2 Å². The Kier molecular flexibility index (Phi) is 5.60. The molecule has 0 spiro atoms. The van der Waals surface area contributed by atoms with Crippen LogP contribution < -0.4 is 10.6 Å². The van der Waals surface area contributed by atoms with Crippen molar-refractivity contribution in [3.63, 3.8) is 0 Å². The number of aromatic amines is 1. The van der Waals surface area contributed by atoms with Gasteiger partial charge in [-0.1, -0.05) is 36.4 Å². The van der Waals surface area contributed by atoms with E-state index < -0.39 is 0 Å². The maximum Gasteiger partial charge on any atom is 0.276 e. The third-order valence-corrected chi connectivity index (χ3v) is 6.46. The second kappa shape index (κ2) is 8.84.